The number of amides is 1. The minimum Gasteiger partial charge on any atom is -0.398 e. The predicted molar refractivity (Wildman–Crippen MR) is 83.0 cm³/mol. The van der Waals surface area contributed by atoms with Crippen LogP contribution in [-0.2, 0) is 0 Å². The molecule has 20 heavy (non-hydrogen) atoms. The van der Waals surface area contributed by atoms with E-state index in [2.05, 4.69) is 17.1 Å². The first kappa shape index (κ1) is 15.1. The van der Waals surface area contributed by atoms with Crippen LogP contribution in [0, 0.1) is 5.92 Å². The molecule has 1 aliphatic heterocycles. The number of nitrogen functional groups attached to an aromatic ring is 1. The second kappa shape index (κ2) is 6.95. The van der Waals surface area contributed by atoms with Gasteiger partial charge in [-0.2, -0.15) is 0 Å². The first-order valence-electron chi connectivity index (χ1n) is 7.16. The third-order valence-corrected chi connectivity index (χ3v) is 4.29. The average Bonchev–Trinajstić information content (AvgIpc) is 2.45. The Kier molecular flexibility index (Phi) is 5.26. The molecule has 1 aromatic rings. The molecule has 5 heteroatoms. The zero-order valence-corrected chi connectivity index (χ0v) is 12.6. The van der Waals surface area contributed by atoms with Crippen molar-refractivity contribution in [2.24, 2.45) is 5.92 Å². The van der Waals surface area contributed by atoms with Crippen LogP contribution in [-0.4, -0.2) is 37.0 Å². The Balaban J connectivity index is 1.87. The summed E-state index contributed by atoms with van der Waals surface area (Å²) in [7, 11) is 0. The Morgan fingerprint density at radius 1 is 1.45 bits per heavy atom. The van der Waals surface area contributed by atoms with E-state index >= 15 is 0 Å². The highest BCUT2D eigenvalue weighted by Gasteiger charge is 2.20. The number of carbonyl (C=O) groups is 1. The fourth-order valence-corrected chi connectivity index (χ4v) is 2.88. The summed E-state index contributed by atoms with van der Waals surface area (Å²) in [6, 6.07) is 5.13. The van der Waals surface area contributed by atoms with Crippen molar-refractivity contribution in [2.75, 3.05) is 31.9 Å². The van der Waals surface area contributed by atoms with E-state index in [1.165, 1.54) is 0 Å². The summed E-state index contributed by atoms with van der Waals surface area (Å²) in [6.45, 7) is 6.22. The molecule has 0 radical (unpaired) electrons. The zero-order valence-electron chi connectivity index (χ0n) is 11.9. The lowest BCUT2D eigenvalue weighted by Gasteiger charge is -2.31. The van der Waals surface area contributed by atoms with Gasteiger partial charge < -0.3 is 16.0 Å². The van der Waals surface area contributed by atoms with Gasteiger partial charge in [0.05, 0.1) is 10.6 Å². The molecule has 1 saturated heterocycles. The maximum absolute atomic E-state index is 12.2. The lowest BCUT2D eigenvalue weighted by Crippen LogP contribution is -2.38. The number of nitrogens with two attached hydrogens (primary N) is 1. The van der Waals surface area contributed by atoms with E-state index in [0.29, 0.717) is 28.7 Å². The Labute approximate surface area is 125 Å². The van der Waals surface area contributed by atoms with Crippen LogP contribution in [0.25, 0.3) is 0 Å². The quantitative estimate of drug-likeness (QED) is 0.839. The van der Waals surface area contributed by atoms with Crippen molar-refractivity contribution in [1.82, 2.24) is 10.2 Å². The molecule has 4 nitrogen and oxygen atoms in total. The number of benzene rings is 1. The highest BCUT2D eigenvalue weighted by molar-refractivity contribution is 6.34. The Hall–Kier alpha value is -1.26. The first-order chi connectivity index (χ1) is 9.61. The van der Waals surface area contributed by atoms with Crippen LogP contribution >= 0.6 is 11.6 Å². The van der Waals surface area contributed by atoms with Crippen LogP contribution in [0.3, 0.4) is 0 Å². The summed E-state index contributed by atoms with van der Waals surface area (Å²) in [5, 5.41) is 3.37. The van der Waals surface area contributed by atoms with Crippen molar-refractivity contribution in [3.8, 4) is 0 Å². The van der Waals surface area contributed by atoms with E-state index < -0.39 is 0 Å². The van der Waals surface area contributed by atoms with Crippen molar-refractivity contribution in [3.05, 3.63) is 28.8 Å². The van der Waals surface area contributed by atoms with Crippen molar-refractivity contribution in [1.29, 1.82) is 0 Å². The standard InChI is InChI=1S/C15H22ClN3O/c1-2-19-8-6-11(7-9-19)10-18-15(20)14-12(16)4-3-5-13(14)17/h3-5,11H,2,6-10,17H2,1H3,(H,18,20). The molecular formula is C15H22ClN3O. The van der Waals surface area contributed by atoms with Gasteiger partial charge in [-0.05, 0) is 50.5 Å². The molecule has 1 heterocycles. The molecule has 1 aliphatic rings. The summed E-state index contributed by atoms with van der Waals surface area (Å²) in [5.41, 5.74) is 6.63. The molecule has 1 aromatic carbocycles. The average molecular weight is 296 g/mol. The van der Waals surface area contributed by atoms with Crippen LogP contribution in [0.2, 0.25) is 5.02 Å². The number of halogens is 1. The second-order valence-corrected chi connectivity index (χ2v) is 5.70. The zero-order chi connectivity index (χ0) is 14.5. The van der Waals surface area contributed by atoms with E-state index in [9.17, 15) is 4.79 Å². The molecule has 0 bridgehead atoms. The monoisotopic (exact) mass is 295 g/mol. The summed E-state index contributed by atoms with van der Waals surface area (Å²) >= 11 is 6.04. The van der Waals surface area contributed by atoms with Crippen molar-refractivity contribution >= 4 is 23.2 Å². The molecule has 110 valence electrons. The number of hydrogen-bond donors (Lipinski definition) is 2. The van der Waals surface area contributed by atoms with Crippen LogP contribution in [0.4, 0.5) is 5.69 Å². The van der Waals surface area contributed by atoms with Crippen molar-refractivity contribution in [2.45, 2.75) is 19.8 Å². The topological polar surface area (TPSA) is 58.4 Å². The van der Waals surface area contributed by atoms with Crippen molar-refractivity contribution < 1.29 is 4.79 Å². The van der Waals surface area contributed by atoms with E-state index in [0.717, 1.165) is 32.5 Å². The maximum Gasteiger partial charge on any atom is 0.254 e. The summed E-state index contributed by atoms with van der Waals surface area (Å²) in [4.78, 5) is 14.6. The third kappa shape index (κ3) is 3.64. The number of piperidine rings is 1. The molecule has 0 saturated carbocycles. The van der Waals surface area contributed by atoms with Gasteiger partial charge in [-0.25, -0.2) is 0 Å². The Bertz CT molecular complexity index is 450. The summed E-state index contributed by atoms with van der Waals surface area (Å²) in [6.07, 6.45) is 2.26. The number of anilines is 1. The molecular weight excluding hydrogens is 274 g/mol. The van der Waals surface area contributed by atoms with Gasteiger partial charge in [0, 0.05) is 12.2 Å². The SMILES string of the molecule is CCN1CCC(CNC(=O)c2c(N)cccc2Cl)CC1. The highest BCUT2D eigenvalue weighted by atomic mass is 35.5. The Morgan fingerprint density at radius 3 is 2.75 bits per heavy atom. The molecule has 1 fully saturated rings. The fourth-order valence-electron chi connectivity index (χ4n) is 2.61. The van der Waals surface area contributed by atoms with Crippen LogP contribution < -0.4 is 11.1 Å². The molecule has 2 rings (SSSR count). The van der Waals surface area contributed by atoms with Crippen molar-refractivity contribution in [3.63, 3.8) is 0 Å². The van der Waals surface area contributed by atoms with Gasteiger partial charge in [-0.1, -0.05) is 24.6 Å². The number of nitrogens with zero attached hydrogens (tertiary/aromatic N) is 1. The number of likely N-dealkylation sites (tertiary alicyclic amines) is 1. The molecule has 0 spiro atoms. The number of carbonyl (C=O) groups excluding carboxylic acids is 1. The largest absolute Gasteiger partial charge is 0.398 e. The van der Waals surface area contributed by atoms with Crippen LogP contribution in [0.5, 0.6) is 0 Å². The molecule has 0 atom stereocenters. The predicted octanol–water partition coefficient (Wildman–Crippen LogP) is 2.38. The smallest absolute Gasteiger partial charge is 0.254 e. The molecule has 1 amide bonds. The molecule has 3 N–H and O–H groups in total. The fraction of sp³-hybridized carbons (Fsp3) is 0.533. The second-order valence-electron chi connectivity index (χ2n) is 5.29. The van der Waals surface area contributed by atoms with Gasteiger partial charge in [0.2, 0.25) is 0 Å². The lowest BCUT2D eigenvalue weighted by molar-refractivity contribution is 0.0938. The molecule has 0 unspecified atom stereocenters. The van der Waals surface area contributed by atoms with E-state index in [1.807, 2.05) is 0 Å². The lowest BCUT2D eigenvalue weighted by atomic mass is 9.96. The van der Waals surface area contributed by atoms with E-state index in [-0.39, 0.29) is 5.91 Å². The van der Waals surface area contributed by atoms with Gasteiger partial charge in [0.1, 0.15) is 0 Å². The molecule has 0 aliphatic carbocycles. The van der Waals surface area contributed by atoms with Gasteiger partial charge in [0.15, 0.2) is 0 Å². The summed E-state index contributed by atoms with van der Waals surface area (Å²) < 4.78 is 0. The van der Waals surface area contributed by atoms with Gasteiger partial charge >= 0.3 is 0 Å². The number of hydrogen-bond acceptors (Lipinski definition) is 3. The van der Waals surface area contributed by atoms with Crippen LogP contribution in [0.1, 0.15) is 30.1 Å². The minimum atomic E-state index is -0.175. The Morgan fingerprint density at radius 2 is 2.15 bits per heavy atom. The first-order valence-corrected chi connectivity index (χ1v) is 7.54. The normalized spacial score (nSPS) is 17.1. The summed E-state index contributed by atoms with van der Waals surface area (Å²) in [5.74, 6) is 0.372. The van der Waals surface area contributed by atoms with E-state index in [1.54, 1.807) is 18.2 Å². The third-order valence-electron chi connectivity index (χ3n) is 3.98. The molecule has 0 aromatic heterocycles. The van der Waals surface area contributed by atoms with Gasteiger partial charge in [-0.3, -0.25) is 4.79 Å². The maximum atomic E-state index is 12.2. The highest BCUT2D eigenvalue weighted by Crippen LogP contribution is 2.22. The number of rotatable bonds is 4. The van der Waals surface area contributed by atoms with Gasteiger partial charge in [-0.15, -0.1) is 0 Å². The van der Waals surface area contributed by atoms with E-state index in [4.69, 9.17) is 17.3 Å². The van der Waals surface area contributed by atoms with Crippen LogP contribution in [0.15, 0.2) is 18.2 Å². The number of nitrogens with one attached hydrogen (secondary N) is 1. The minimum absolute atomic E-state index is 0.175. The van der Waals surface area contributed by atoms with Gasteiger partial charge in [0.25, 0.3) is 5.91 Å².